The van der Waals surface area contributed by atoms with Gasteiger partial charge in [0.25, 0.3) is 0 Å². The zero-order valence-corrected chi connectivity index (χ0v) is 19.0. The summed E-state index contributed by atoms with van der Waals surface area (Å²) in [7, 11) is 1.53. The van der Waals surface area contributed by atoms with Crippen LogP contribution in [0.4, 0.5) is 4.79 Å². The summed E-state index contributed by atoms with van der Waals surface area (Å²) < 4.78 is 10.6. The number of carbonyl (C=O) groups excluding carboxylic acids is 2. The summed E-state index contributed by atoms with van der Waals surface area (Å²) in [5.41, 5.74) is 1.70. The highest BCUT2D eigenvalue weighted by molar-refractivity contribution is 6.35. The third-order valence-electron chi connectivity index (χ3n) is 5.17. The fraction of sp³-hybridized carbons (Fsp3) is 0.478. The maximum Gasteiger partial charge on any atom is 0.407 e. The fourth-order valence-corrected chi connectivity index (χ4v) is 4.00. The first-order chi connectivity index (χ1) is 14.7. The molecular formula is C23H28ClN3O4. The Balaban J connectivity index is 1.76. The number of aromatic nitrogens is 2. The number of fused-ring (bicyclic) bond motifs is 1. The number of hydrogen-bond acceptors (Lipinski definition) is 6. The summed E-state index contributed by atoms with van der Waals surface area (Å²) >= 11 is 6.42. The highest BCUT2D eigenvalue weighted by Gasteiger charge is 2.25. The molecule has 2 heterocycles. The van der Waals surface area contributed by atoms with E-state index < -0.39 is 11.7 Å². The predicted octanol–water partition coefficient (Wildman–Crippen LogP) is 4.96. The molecule has 2 aromatic heterocycles. The van der Waals surface area contributed by atoms with E-state index in [0.29, 0.717) is 33.1 Å². The summed E-state index contributed by atoms with van der Waals surface area (Å²) in [6.07, 6.45) is 7.21. The van der Waals surface area contributed by atoms with Crippen LogP contribution in [0.2, 0.25) is 5.02 Å². The molecule has 3 rings (SSSR count). The number of allylic oxidation sites excluding steroid dienone is 2. The molecule has 0 aromatic carbocycles. The van der Waals surface area contributed by atoms with Gasteiger partial charge in [0, 0.05) is 29.4 Å². The topological polar surface area (TPSA) is 90.4 Å². The number of carbonyl (C=O) groups is 2. The molecule has 31 heavy (non-hydrogen) atoms. The molecule has 0 radical (unpaired) electrons. The van der Waals surface area contributed by atoms with Crippen molar-refractivity contribution in [3.05, 3.63) is 35.0 Å². The molecule has 0 unspecified atom stereocenters. The lowest BCUT2D eigenvalue weighted by atomic mass is 9.84. The van der Waals surface area contributed by atoms with Gasteiger partial charge in [-0.05, 0) is 58.4 Å². The first-order valence-corrected chi connectivity index (χ1v) is 10.7. The highest BCUT2D eigenvalue weighted by Crippen LogP contribution is 2.33. The van der Waals surface area contributed by atoms with E-state index in [-0.39, 0.29) is 12.0 Å². The van der Waals surface area contributed by atoms with Gasteiger partial charge in [0.05, 0.1) is 17.6 Å². The van der Waals surface area contributed by atoms with Crippen molar-refractivity contribution in [1.82, 2.24) is 15.3 Å². The number of methoxy groups -OCH3 is 1. The number of halogens is 1. The maximum atomic E-state index is 12.0. The molecule has 0 saturated heterocycles. The Morgan fingerprint density at radius 1 is 1.23 bits per heavy atom. The van der Waals surface area contributed by atoms with E-state index in [0.717, 1.165) is 32.0 Å². The second-order valence-corrected chi connectivity index (χ2v) is 9.11. The second-order valence-electron chi connectivity index (χ2n) is 8.70. The Bertz CT molecular complexity index is 992. The van der Waals surface area contributed by atoms with E-state index in [1.54, 1.807) is 12.1 Å². The van der Waals surface area contributed by atoms with Crippen molar-refractivity contribution in [2.75, 3.05) is 7.11 Å². The van der Waals surface area contributed by atoms with Crippen molar-refractivity contribution in [2.24, 2.45) is 5.92 Å². The van der Waals surface area contributed by atoms with Crippen molar-refractivity contribution in [1.29, 1.82) is 0 Å². The minimum absolute atomic E-state index is 0.0652. The normalized spacial score (nSPS) is 19.7. The quantitative estimate of drug-likeness (QED) is 0.516. The van der Waals surface area contributed by atoms with Crippen LogP contribution in [0.3, 0.4) is 0 Å². The molecule has 8 heteroatoms. The number of amides is 1. The van der Waals surface area contributed by atoms with Gasteiger partial charge < -0.3 is 14.8 Å². The van der Waals surface area contributed by atoms with Crippen LogP contribution in [0.15, 0.2) is 24.4 Å². The Hall–Kier alpha value is -2.67. The zero-order chi connectivity index (χ0) is 22.6. The molecule has 2 aromatic rings. The summed E-state index contributed by atoms with van der Waals surface area (Å²) in [5.74, 6) is 0.624. The predicted molar refractivity (Wildman–Crippen MR) is 120 cm³/mol. The van der Waals surface area contributed by atoms with Crippen LogP contribution < -0.4 is 10.1 Å². The highest BCUT2D eigenvalue weighted by atomic mass is 35.5. The number of rotatable bonds is 5. The smallest absolute Gasteiger partial charge is 0.407 e. The molecule has 166 valence electrons. The molecule has 0 bridgehead atoms. The van der Waals surface area contributed by atoms with Crippen molar-refractivity contribution < 1.29 is 19.1 Å². The van der Waals surface area contributed by atoms with Gasteiger partial charge in [-0.2, -0.15) is 0 Å². The Labute approximate surface area is 187 Å². The minimum atomic E-state index is -0.522. The van der Waals surface area contributed by atoms with Gasteiger partial charge in [0.15, 0.2) is 0 Å². The van der Waals surface area contributed by atoms with E-state index in [1.165, 1.54) is 13.3 Å². The monoisotopic (exact) mass is 445 g/mol. The summed E-state index contributed by atoms with van der Waals surface area (Å²) in [6.45, 7) is 5.52. The number of alkyl carbamates (subject to hydrolysis) is 1. The molecule has 1 fully saturated rings. The van der Waals surface area contributed by atoms with Gasteiger partial charge in [-0.3, -0.25) is 9.78 Å². The largest absolute Gasteiger partial charge is 0.481 e. The number of ether oxygens (including phenoxy) is 2. The zero-order valence-electron chi connectivity index (χ0n) is 18.3. The number of nitrogens with one attached hydrogen (secondary N) is 1. The molecule has 0 aliphatic heterocycles. The van der Waals surface area contributed by atoms with Gasteiger partial charge >= 0.3 is 6.09 Å². The Morgan fingerprint density at radius 2 is 1.94 bits per heavy atom. The number of pyridine rings is 2. The number of nitrogens with zero attached hydrogens (tertiary/aromatic N) is 2. The molecule has 7 nitrogen and oxygen atoms in total. The third-order valence-corrected chi connectivity index (χ3v) is 5.46. The maximum absolute atomic E-state index is 12.0. The SMILES string of the molecule is COc1ccc2ncc(Cl)c(C(C=O)=CC3CCC(NC(=O)OC(C)(C)C)CC3)c2n1. The van der Waals surface area contributed by atoms with Crippen LogP contribution in [-0.4, -0.2) is 41.1 Å². The standard InChI is InChI=1S/C23H28ClN3O4/c1-23(2,3)31-22(29)26-16-7-5-14(6-8-16)11-15(13-28)20-17(24)12-25-18-9-10-19(30-4)27-21(18)20/h9-14,16H,5-8H2,1-4H3,(H,26,29). The van der Waals surface area contributed by atoms with Gasteiger partial charge in [-0.25, -0.2) is 9.78 Å². The molecule has 1 N–H and O–H groups in total. The van der Waals surface area contributed by atoms with E-state index in [2.05, 4.69) is 15.3 Å². The number of aldehydes is 1. The number of hydrogen-bond donors (Lipinski definition) is 1. The van der Waals surface area contributed by atoms with Crippen LogP contribution in [0.1, 0.15) is 52.0 Å². The molecule has 1 saturated carbocycles. The van der Waals surface area contributed by atoms with E-state index in [4.69, 9.17) is 21.1 Å². The lowest BCUT2D eigenvalue weighted by Crippen LogP contribution is -2.40. The summed E-state index contributed by atoms with van der Waals surface area (Å²) in [6, 6.07) is 3.57. The van der Waals surface area contributed by atoms with Crippen molar-refractivity contribution >= 4 is 40.6 Å². The first-order valence-electron chi connectivity index (χ1n) is 10.4. The molecule has 1 aliphatic rings. The lowest BCUT2D eigenvalue weighted by Gasteiger charge is -2.29. The van der Waals surface area contributed by atoms with E-state index in [9.17, 15) is 9.59 Å². The summed E-state index contributed by atoms with van der Waals surface area (Å²) in [4.78, 5) is 32.8. The van der Waals surface area contributed by atoms with Gasteiger partial charge in [0.2, 0.25) is 5.88 Å². The second kappa shape index (κ2) is 9.64. The third kappa shape index (κ3) is 5.94. The summed E-state index contributed by atoms with van der Waals surface area (Å²) in [5, 5.41) is 3.30. The van der Waals surface area contributed by atoms with E-state index in [1.807, 2.05) is 26.8 Å². The van der Waals surface area contributed by atoms with Gasteiger partial charge in [-0.1, -0.05) is 17.7 Å². The van der Waals surface area contributed by atoms with Crippen molar-refractivity contribution in [2.45, 2.75) is 58.1 Å². The molecule has 1 amide bonds. The molecular weight excluding hydrogens is 418 g/mol. The van der Waals surface area contributed by atoms with Crippen molar-refractivity contribution in [3.8, 4) is 5.88 Å². The Kier molecular flexibility index (Phi) is 7.15. The van der Waals surface area contributed by atoms with Crippen LogP contribution in [0.5, 0.6) is 5.88 Å². The van der Waals surface area contributed by atoms with Crippen LogP contribution in [-0.2, 0) is 9.53 Å². The van der Waals surface area contributed by atoms with Gasteiger partial charge in [0.1, 0.15) is 17.4 Å². The van der Waals surface area contributed by atoms with Crippen LogP contribution in [0, 0.1) is 5.92 Å². The average Bonchev–Trinajstić information content (AvgIpc) is 2.71. The van der Waals surface area contributed by atoms with Crippen LogP contribution >= 0.6 is 11.6 Å². The van der Waals surface area contributed by atoms with Crippen LogP contribution in [0.25, 0.3) is 16.6 Å². The van der Waals surface area contributed by atoms with Crippen molar-refractivity contribution in [3.63, 3.8) is 0 Å². The first kappa shape index (κ1) is 23.0. The molecule has 1 aliphatic carbocycles. The molecule has 0 spiro atoms. The fourth-order valence-electron chi connectivity index (χ4n) is 3.75. The van der Waals surface area contributed by atoms with Gasteiger partial charge in [-0.15, -0.1) is 0 Å². The van der Waals surface area contributed by atoms with E-state index >= 15 is 0 Å². The average molecular weight is 446 g/mol. The molecule has 0 atom stereocenters. The minimum Gasteiger partial charge on any atom is -0.481 e. The lowest BCUT2D eigenvalue weighted by molar-refractivity contribution is -0.103. The Morgan fingerprint density at radius 3 is 2.55 bits per heavy atom.